The maximum Gasteiger partial charge on any atom is 0.210 e. The standard InChI is InChI=1S/C28H29N3O3S/c1-3-34-23-11-14-26-25(19-23)28(31-17-15-30(16-18-31)22-7-5-4-6-8-22)27(20-29-26)35(32,33)24-12-9-21(2)10-13-24/h4-14,19-20H,3,15-18H2,1-2H3. The van der Waals surface area contributed by atoms with Crippen LogP contribution >= 0.6 is 0 Å². The molecule has 4 aromatic rings. The second kappa shape index (κ2) is 9.58. The lowest BCUT2D eigenvalue weighted by Gasteiger charge is -2.38. The van der Waals surface area contributed by atoms with Gasteiger partial charge in [0.2, 0.25) is 9.84 Å². The van der Waals surface area contributed by atoms with Crippen LogP contribution in [0.2, 0.25) is 0 Å². The monoisotopic (exact) mass is 487 g/mol. The van der Waals surface area contributed by atoms with Crippen molar-refractivity contribution in [2.24, 2.45) is 0 Å². The fourth-order valence-electron chi connectivity index (χ4n) is 4.59. The van der Waals surface area contributed by atoms with Gasteiger partial charge >= 0.3 is 0 Å². The fraction of sp³-hybridized carbons (Fsp3) is 0.250. The molecule has 6 nitrogen and oxygen atoms in total. The molecular formula is C28H29N3O3S. The van der Waals surface area contributed by atoms with Crippen molar-refractivity contribution in [1.29, 1.82) is 0 Å². The van der Waals surface area contributed by atoms with Gasteiger partial charge in [0.1, 0.15) is 10.6 Å². The SMILES string of the molecule is CCOc1ccc2ncc(S(=O)(=O)c3ccc(C)cc3)c(N3CCN(c4ccccc4)CC3)c2c1. The zero-order chi connectivity index (χ0) is 24.4. The van der Waals surface area contributed by atoms with E-state index in [0.29, 0.717) is 31.1 Å². The number of benzene rings is 3. The van der Waals surface area contributed by atoms with Gasteiger partial charge < -0.3 is 14.5 Å². The summed E-state index contributed by atoms with van der Waals surface area (Å²) in [6, 6.07) is 23.0. The molecular weight excluding hydrogens is 458 g/mol. The molecule has 0 saturated carbocycles. The van der Waals surface area contributed by atoms with Crippen molar-refractivity contribution >= 4 is 32.1 Å². The van der Waals surface area contributed by atoms with Gasteiger partial charge in [0.15, 0.2) is 0 Å². The highest BCUT2D eigenvalue weighted by atomic mass is 32.2. The number of sulfone groups is 1. The average Bonchev–Trinajstić information content (AvgIpc) is 2.89. The van der Waals surface area contributed by atoms with Crippen molar-refractivity contribution in [2.75, 3.05) is 42.6 Å². The van der Waals surface area contributed by atoms with Gasteiger partial charge in [-0.25, -0.2) is 8.42 Å². The van der Waals surface area contributed by atoms with Crippen LogP contribution in [0, 0.1) is 6.92 Å². The first-order chi connectivity index (χ1) is 17.0. The van der Waals surface area contributed by atoms with Crippen LogP contribution in [0.1, 0.15) is 12.5 Å². The molecule has 3 aromatic carbocycles. The summed E-state index contributed by atoms with van der Waals surface area (Å²) in [6.45, 7) is 7.40. The molecule has 0 unspecified atom stereocenters. The molecule has 0 bridgehead atoms. The van der Waals surface area contributed by atoms with Crippen LogP contribution in [0.25, 0.3) is 10.9 Å². The molecule has 1 aromatic heterocycles. The normalized spacial score (nSPS) is 14.3. The summed E-state index contributed by atoms with van der Waals surface area (Å²) < 4.78 is 33.4. The number of aromatic nitrogens is 1. The Hall–Kier alpha value is -3.58. The summed E-state index contributed by atoms with van der Waals surface area (Å²) >= 11 is 0. The topological polar surface area (TPSA) is 62.7 Å². The molecule has 0 N–H and O–H groups in total. The van der Waals surface area contributed by atoms with Crippen molar-refractivity contribution in [3.05, 3.63) is 84.6 Å². The minimum Gasteiger partial charge on any atom is -0.494 e. The third kappa shape index (κ3) is 4.56. The summed E-state index contributed by atoms with van der Waals surface area (Å²) in [5.41, 5.74) is 3.64. The molecule has 2 heterocycles. The maximum atomic E-state index is 13.8. The Kier molecular flexibility index (Phi) is 6.34. The summed E-state index contributed by atoms with van der Waals surface area (Å²) in [5, 5.41) is 0.789. The quantitative estimate of drug-likeness (QED) is 0.377. The summed E-state index contributed by atoms with van der Waals surface area (Å²) in [5.74, 6) is 0.704. The van der Waals surface area contributed by atoms with Crippen molar-refractivity contribution < 1.29 is 13.2 Å². The number of anilines is 2. The largest absolute Gasteiger partial charge is 0.494 e. The molecule has 1 saturated heterocycles. The van der Waals surface area contributed by atoms with Crippen LogP contribution in [0.3, 0.4) is 0 Å². The number of pyridine rings is 1. The van der Waals surface area contributed by atoms with Crippen LogP contribution in [0.5, 0.6) is 5.75 Å². The van der Waals surface area contributed by atoms with Gasteiger partial charge in [-0.15, -0.1) is 0 Å². The Morgan fingerprint density at radius 2 is 1.57 bits per heavy atom. The first-order valence-corrected chi connectivity index (χ1v) is 13.4. The second-order valence-corrected chi connectivity index (χ2v) is 10.6. The molecule has 1 aliphatic heterocycles. The molecule has 0 amide bonds. The lowest BCUT2D eigenvalue weighted by atomic mass is 10.1. The molecule has 1 fully saturated rings. The number of para-hydroxylation sites is 1. The summed E-state index contributed by atoms with van der Waals surface area (Å²) in [4.78, 5) is 9.56. The smallest absolute Gasteiger partial charge is 0.210 e. The zero-order valence-electron chi connectivity index (χ0n) is 20.0. The van der Waals surface area contributed by atoms with Crippen molar-refractivity contribution in [2.45, 2.75) is 23.6 Å². The Morgan fingerprint density at radius 1 is 0.886 bits per heavy atom. The lowest BCUT2D eigenvalue weighted by molar-refractivity contribution is 0.340. The molecule has 5 rings (SSSR count). The van der Waals surface area contributed by atoms with E-state index in [1.807, 2.05) is 62.4 Å². The minimum atomic E-state index is -3.78. The number of ether oxygens (including phenoxy) is 1. The van der Waals surface area contributed by atoms with Crippen molar-refractivity contribution in [3.8, 4) is 5.75 Å². The number of fused-ring (bicyclic) bond motifs is 1. The van der Waals surface area contributed by atoms with Crippen LogP contribution in [0.15, 0.2) is 88.8 Å². The molecule has 35 heavy (non-hydrogen) atoms. The van der Waals surface area contributed by atoms with E-state index in [2.05, 4.69) is 26.9 Å². The van der Waals surface area contributed by atoms with E-state index in [9.17, 15) is 8.42 Å². The van der Waals surface area contributed by atoms with Crippen molar-refractivity contribution in [3.63, 3.8) is 0 Å². The highest BCUT2D eigenvalue weighted by Crippen LogP contribution is 2.38. The van der Waals surface area contributed by atoms with Gasteiger partial charge in [-0.1, -0.05) is 35.9 Å². The number of aryl methyl sites for hydroxylation is 1. The number of rotatable bonds is 6. The van der Waals surface area contributed by atoms with E-state index in [0.717, 1.165) is 29.6 Å². The molecule has 0 radical (unpaired) electrons. The van der Waals surface area contributed by atoms with Crippen molar-refractivity contribution in [1.82, 2.24) is 4.98 Å². The minimum absolute atomic E-state index is 0.232. The first kappa shape index (κ1) is 23.2. The van der Waals surface area contributed by atoms with Gasteiger partial charge in [0.25, 0.3) is 0 Å². The van der Waals surface area contributed by atoms with Crippen LogP contribution in [0.4, 0.5) is 11.4 Å². The predicted molar refractivity (Wildman–Crippen MR) is 140 cm³/mol. The fourth-order valence-corrected chi connectivity index (χ4v) is 6.02. The average molecular weight is 488 g/mol. The second-order valence-electron chi connectivity index (χ2n) is 8.71. The highest BCUT2D eigenvalue weighted by molar-refractivity contribution is 7.91. The van der Waals surface area contributed by atoms with Crippen LogP contribution in [-0.2, 0) is 9.84 Å². The Morgan fingerprint density at radius 3 is 2.26 bits per heavy atom. The number of nitrogens with zero attached hydrogens (tertiary/aromatic N) is 3. The van der Waals surface area contributed by atoms with Crippen LogP contribution < -0.4 is 14.5 Å². The van der Waals surface area contributed by atoms with Gasteiger partial charge in [-0.2, -0.15) is 0 Å². The summed E-state index contributed by atoms with van der Waals surface area (Å²) in [7, 11) is -3.78. The Labute approximate surface area is 206 Å². The third-order valence-electron chi connectivity index (χ3n) is 6.43. The summed E-state index contributed by atoms with van der Waals surface area (Å²) in [6.07, 6.45) is 1.51. The number of piperazine rings is 1. The molecule has 0 spiro atoms. The Bertz CT molecular complexity index is 1430. The highest BCUT2D eigenvalue weighted by Gasteiger charge is 2.29. The predicted octanol–water partition coefficient (Wildman–Crippen LogP) is 5.10. The Balaban J connectivity index is 1.61. The van der Waals surface area contributed by atoms with E-state index in [-0.39, 0.29) is 9.79 Å². The lowest BCUT2D eigenvalue weighted by Crippen LogP contribution is -2.47. The van der Waals surface area contributed by atoms with Gasteiger partial charge in [-0.05, 0) is 56.3 Å². The van der Waals surface area contributed by atoms with Gasteiger partial charge in [-0.3, -0.25) is 4.98 Å². The van der Waals surface area contributed by atoms with E-state index < -0.39 is 9.84 Å². The molecule has 1 aliphatic rings. The number of hydrogen-bond donors (Lipinski definition) is 0. The zero-order valence-corrected chi connectivity index (χ0v) is 20.8. The molecule has 180 valence electrons. The number of hydrogen-bond acceptors (Lipinski definition) is 6. The van der Waals surface area contributed by atoms with Gasteiger partial charge in [0, 0.05) is 43.4 Å². The molecule has 0 aliphatic carbocycles. The molecule has 0 atom stereocenters. The van der Waals surface area contributed by atoms with E-state index in [1.54, 1.807) is 12.1 Å². The first-order valence-electron chi connectivity index (χ1n) is 11.9. The molecule has 7 heteroatoms. The van der Waals surface area contributed by atoms with Gasteiger partial charge in [0.05, 0.1) is 22.7 Å². The van der Waals surface area contributed by atoms with Crippen LogP contribution in [-0.4, -0.2) is 46.2 Å². The third-order valence-corrected chi connectivity index (χ3v) is 8.20. The van der Waals surface area contributed by atoms with E-state index in [4.69, 9.17) is 4.74 Å². The maximum absolute atomic E-state index is 13.8. The van der Waals surface area contributed by atoms with E-state index in [1.165, 1.54) is 11.9 Å². The van der Waals surface area contributed by atoms with E-state index >= 15 is 0 Å².